The summed E-state index contributed by atoms with van der Waals surface area (Å²) in [5.41, 5.74) is 0.730. The van der Waals surface area contributed by atoms with Crippen molar-refractivity contribution in [2.75, 3.05) is 0 Å². The molecule has 0 amide bonds. The number of hydrogen-bond donors (Lipinski definition) is 0. The van der Waals surface area contributed by atoms with E-state index in [0.29, 0.717) is 12.0 Å². The minimum absolute atomic E-state index is 0.0226. The van der Waals surface area contributed by atoms with Gasteiger partial charge in [0.15, 0.2) is 0 Å². The zero-order valence-electron chi connectivity index (χ0n) is 9.93. The van der Waals surface area contributed by atoms with Gasteiger partial charge >= 0.3 is 0 Å². The Morgan fingerprint density at radius 1 is 1.24 bits per heavy atom. The van der Waals surface area contributed by atoms with Gasteiger partial charge in [0.05, 0.1) is 5.38 Å². The lowest BCUT2D eigenvalue weighted by Gasteiger charge is -2.32. The first-order valence-electron chi connectivity index (χ1n) is 5.68. The molecule has 0 nitrogen and oxygen atoms in total. The molecule has 1 atom stereocenters. The molecule has 0 radical (unpaired) electrons. The quantitative estimate of drug-likeness (QED) is 0.635. The van der Waals surface area contributed by atoms with Gasteiger partial charge in [0.2, 0.25) is 0 Å². The first-order valence-corrected chi connectivity index (χ1v) is 6.12. The Hall–Kier alpha value is -0.890. The van der Waals surface area contributed by atoms with E-state index in [1.807, 2.05) is 0 Å². The van der Waals surface area contributed by atoms with E-state index < -0.39 is 11.6 Å². The van der Waals surface area contributed by atoms with Gasteiger partial charge in [-0.25, -0.2) is 8.78 Å². The Labute approximate surface area is 105 Å². The van der Waals surface area contributed by atoms with Crippen LogP contribution in [0.15, 0.2) is 24.3 Å². The number of halogens is 3. The maximum absolute atomic E-state index is 13.7. The number of alkyl halides is 1. The van der Waals surface area contributed by atoms with Crippen molar-refractivity contribution in [2.45, 2.75) is 32.1 Å². The van der Waals surface area contributed by atoms with E-state index in [4.69, 9.17) is 11.6 Å². The minimum atomic E-state index is -0.516. The van der Waals surface area contributed by atoms with Crippen molar-refractivity contribution < 1.29 is 8.78 Å². The Balaban J connectivity index is 2.47. The van der Waals surface area contributed by atoms with Gasteiger partial charge in [0.25, 0.3) is 0 Å². The van der Waals surface area contributed by atoms with Gasteiger partial charge in [0, 0.05) is 5.56 Å². The van der Waals surface area contributed by atoms with Crippen LogP contribution in [0.3, 0.4) is 0 Å². The average molecular weight is 257 g/mol. The lowest BCUT2D eigenvalue weighted by molar-refractivity contribution is 0.339. The van der Waals surface area contributed by atoms with Crippen LogP contribution in [0.4, 0.5) is 8.78 Å². The monoisotopic (exact) mass is 256 g/mol. The lowest BCUT2D eigenvalue weighted by atomic mass is 9.75. The second-order valence-electron chi connectivity index (χ2n) is 5.35. The number of benzene rings is 1. The molecule has 0 saturated heterocycles. The van der Waals surface area contributed by atoms with E-state index >= 15 is 0 Å². The number of allylic oxidation sites excluding steroid dienone is 2. The summed E-state index contributed by atoms with van der Waals surface area (Å²) in [4.78, 5) is 0. The maximum atomic E-state index is 13.7. The lowest BCUT2D eigenvalue weighted by Crippen LogP contribution is -2.22. The van der Waals surface area contributed by atoms with Gasteiger partial charge in [-0.15, -0.1) is 11.6 Å². The predicted octanol–water partition coefficient (Wildman–Crippen LogP) is 4.78. The average Bonchev–Trinajstić information content (AvgIpc) is 2.13. The summed E-state index contributed by atoms with van der Waals surface area (Å²) in [6, 6.07) is 3.94. The van der Waals surface area contributed by atoms with Crippen LogP contribution in [0.1, 0.15) is 32.3 Å². The molecule has 1 aromatic carbocycles. The van der Waals surface area contributed by atoms with Gasteiger partial charge in [0.1, 0.15) is 11.6 Å². The summed E-state index contributed by atoms with van der Waals surface area (Å²) < 4.78 is 27.4. The molecule has 3 heteroatoms. The standard InChI is InChI=1S/C14H15ClF2/c1-14(2)7-9(6-10(15)8-14)13-11(16)4-3-5-12(13)17/h3-6,10H,7-8H2,1-2H3. The molecular formula is C14H15ClF2. The van der Waals surface area contributed by atoms with Crippen LogP contribution in [0, 0.1) is 17.0 Å². The third-order valence-electron chi connectivity index (χ3n) is 3.08. The summed E-state index contributed by atoms with van der Waals surface area (Å²) in [5.74, 6) is -1.03. The Morgan fingerprint density at radius 3 is 2.35 bits per heavy atom. The molecular weight excluding hydrogens is 242 g/mol. The minimum Gasteiger partial charge on any atom is -0.206 e. The molecule has 0 saturated carbocycles. The third-order valence-corrected chi connectivity index (χ3v) is 3.36. The van der Waals surface area contributed by atoms with Gasteiger partial charge in [-0.05, 0) is 36.0 Å². The summed E-state index contributed by atoms with van der Waals surface area (Å²) in [5, 5.41) is -0.159. The van der Waals surface area contributed by atoms with Gasteiger partial charge in [-0.3, -0.25) is 0 Å². The molecule has 0 heterocycles. The van der Waals surface area contributed by atoms with E-state index in [1.165, 1.54) is 18.2 Å². The molecule has 92 valence electrons. The fourth-order valence-corrected chi connectivity index (χ4v) is 3.00. The predicted molar refractivity (Wildman–Crippen MR) is 67.0 cm³/mol. The van der Waals surface area contributed by atoms with Crippen molar-refractivity contribution in [3.63, 3.8) is 0 Å². The third kappa shape index (κ3) is 2.68. The van der Waals surface area contributed by atoms with Crippen LogP contribution in [0.5, 0.6) is 0 Å². The summed E-state index contributed by atoms with van der Waals surface area (Å²) in [6.07, 6.45) is 3.25. The zero-order chi connectivity index (χ0) is 12.6. The SMILES string of the molecule is CC1(C)CC(c2c(F)cccc2F)=CC(Cl)C1. The molecule has 0 fully saturated rings. The molecule has 17 heavy (non-hydrogen) atoms. The fraction of sp³-hybridized carbons (Fsp3) is 0.429. The normalized spacial score (nSPS) is 23.4. The smallest absolute Gasteiger partial charge is 0.133 e. The van der Waals surface area contributed by atoms with E-state index in [1.54, 1.807) is 6.08 Å². The van der Waals surface area contributed by atoms with Crippen LogP contribution in [0.2, 0.25) is 0 Å². The highest BCUT2D eigenvalue weighted by molar-refractivity contribution is 6.22. The zero-order valence-corrected chi connectivity index (χ0v) is 10.7. The van der Waals surface area contributed by atoms with Crippen molar-refractivity contribution in [2.24, 2.45) is 5.41 Å². The molecule has 1 aromatic rings. The molecule has 0 spiro atoms. The molecule has 0 bridgehead atoms. The molecule has 0 N–H and O–H groups in total. The van der Waals surface area contributed by atoms with Crippen LogP contribution in [-0.4, -0.2) is 5.38 Å². The highest BCUT2D eigenvalue weighted by atomic mass is 35.5. The highest BCUT2D eigenvalue weighted by Gasteiger charge is 2.30. The molecule has 1 unspecified atom stereocenters. The van der Waals surface area contributed by atoms with Crippen molar-refractivity contribution in [1.82, 2.24) is 0 Å². The Morgan fingerprint density at radius 2 is 1.82 bits per heavy atom. The van der Waals surface area contributed by atoms with E-state index in [-0.39, 0.29) is 16.4 Å². The molecule has 2 rings (SSSR count). The van der Waals surface area contributed by atoms with Crippen LogP contribution in [-0.2, 0) is 0 Å². The Bertz CT molecular complexity index is 443. The number of hydrogen-bond acceptors (Lipinski definition) is 0. The van der Waals surface area contributed by atoms with Gasteiger partial charge in [-0.1, -0.05) is 26.0 Å². The van der Waals surface area contributed by atoms with E-state index in [0.717, 1.165) is 6.42 Å². The fourth-order valence-electron chi connectivity index (χ4n) is 2.43. The summed E-state index contributed by atoms with van der Waals surface area (Å²) in [7, 11) is 0. The summed E-state index contributed by atoms with van der Waals surface area (Å²) in [6.45, 7) is 4.13. The second kappa shape index (κ2) is 4.41. The second-order valence-corrected chi connectivity index (χ2v) is 5.91. The van der Waals surface area contributed by atoms with Gasteiger partial charge < -0.3 is 0 Å². The first-order chi connectivity index (χ1) is 7.89. The van der Waals surface area contributed by atoms with Crippen molar-refractivity contribution in [3.8, 4) is 0 Å². The number of rotatable bonds is 1. The van der Waals surface area contributed by atoms with Crippen molar-refractivity contribution >= 4 is 17.2 Å². The van der Waals surface area contributed by atoms with Crippen LogP contribution < -0.4 is 0 Å². The molecule has 0 aliphatic heterocycles. The molecule has 0 aromatic heterocycles. The molecule has 1 aliphatic carbocycles. The largest absolute Gasteiger partial charge is 0.206 e. The highest BCUT2D eigenvalue weighted by Crippen LogP contribution is 2.42. The van der Waals surface area contributed by atoms with Gasteiger partial charge in [-0.2, -0.15) is 0 Å². The van der Waals surface area contributed by atoms with Crippen molar-refractivity contribution in [3.05, 3.63) is 41.5 Å². The van der Waals surface area contributed by atoms with Crippen LogP contribution in [0.25, 0.3) is 5.57 Å². The van der Waals surface area contributed by atoms with Crippen molar-refractivity contribution in [1.29, 1.82) is 0 Å². The van der Waals surface area contributed by atoms with E-state index in [2.05, 4.69) is 13.8 Å². The topological polar surface area (TPSA) is 0 Å². The molecule has 1 aliphatic rings. The first kappa shape index (κ1) is 12.6. The van der Waals surface area contributed by atoms with Crippen LogP contribution >= 0.6 is 11.6 Å². The summed E-state index contributed by atoms with van der Waals surface area (Å²) >= 11 is 6.13. The maximum Gasteiger partial charge on any atom is 0.133 e. The van der Waals surface area contributed by atoms with E-state index in [9.17, 15) is 8.78 Å². The Kier molecular flexibility index (Phi) is 3.26.